The Hall–Kier alpha value is -2.25. The van der Waals surface area contributed by atoms with Crippen LogP contribution in [0.25, 0.3) is 0 Å². The molecule has 6 nitrogen and oxygen atoms in total. The molecule has 0 aliphatic carbocycles. The first kappa shape index (κ1) is 22.0. The highest BCUT2D eigenvalue weighted by molar-refractivity contribution is 7.93. The van der Waals surface area contributed by atoms with Gasteiger partial charge in [-0.25, -0.2) is 17.7 Å². The molecule has 8 heteroatoms. The lowest BCUT2D eigenvalue weighted by Crippen LogP contribution is -2.28. The van der Waals surface area contributed by atoms with Crippen molar-refractivity contribution < 1.29 is 13.2 Å². The lowest BCUT2D eigenvalue weighted by molar-refractivity contribution is 0.415. The fourth-order valence-electron chi connectivity index (χ4n) is 2.51. The van der Waals surface area contributed by atoms with Crippen LogP contribution in [0.3, 0.4) is 0 Å². The SMILES string of the molecule is CCN(C)C=Nc1cc(C)c(N(c2ccc(OC)cc2)S(=O)(=O)CC)cc1Cl. The molecule has 0 saturated heterocycles. The minimum absolute atomic E-state index is 0.0444. The molecular formula is C20H26ClN3O3S. The molecular weight excluding hydrogens is 398 g/mol. The number of hydrogen-bond acceptors (Lipinski definition) is 4. The van der Waals surface area contributed by atoms with Gasteiger partial charge in [0.2, 0.25) is 10.0 Å². The van der Waals surface area contributed by atoms with E-state index in [4.69, 9.17) is 16.3 Å². The van der Waals surface area contributed by atoms with Gasteiger partial charge in [-0.05, 0) is 62.7 Å². The van der Waals surface area contributed by atoms with Gasteiger partial charge in [0.05, 0.1) is 41.3 Å². The summed E-state index contributed by atoms with van der Waals surface area (Å²) in [7, 11) is -0.102. The molecule has 2 aromatic carbocycles. The Kier molecular flexibility index (Phi) is 7.32. The zero-order valence-electron chi connectivity index (χ0n) is 16.8. The maximum atomic E-state index is 12.9. The fraction of sp³-hybridized carbons (Fsp3) is 0.350. The molecule has 152 valence electrons. The second kappa shape index (κ2) is 9.30. The van der Waals surface area contributed by atoms with Crippen molar-refractivity contribution in [2.45, 2.75) is 20.8 Å². The van der Waals surface area contributed by atoms with Gasteiger partial charge in [-0.3, -0.25) is 0 Å². The number of ether oxygens (including phenoxy) is 1. The van der Waals surface area contributed by atoms with Crippen molar-refractivity contribution in [3.8, 4) is 5.75 Å². The number of aliphatic imine (C=N–C) groups is 1. The van der Waals surface area contributed by atoms with E-state index < -0.39 is 10.0 Å². The number of anilines is 2. The van der Waals surface area contributed by atoms with E-state index >= 15 is 0 Å². The molecule has 28 heavy (non-hydrogen) atoms. The fourth-order valence-corrected chi connectivity index (χ4v) is 3.92. The number of methoxy groups -OCH3 is 1. The predicted octanol–water partition coefficient (Wildman–Crippen LogP) is 4.76. The first-order valence-electron chi connectivity index (χ1n) is 8.95. The molecule has 0 aliphatic rings. The zero-order valence-corrected chi connectivity index (χ0v) is 18.4. The Balaban J connectivity index is 2.57. The van der Waals surface area contributed by atoms with Gasteiger partial charge in [-0.1, -0.05) is 11.6 Å². The smallest absolute Gasteiger partial charge is 0.239 e. The highest BCUT2D eigenvalue weighted by Crippen LogP contribution is 2.38. The normalized spacial score (nSPS) is 11.6. The Labute approximate surface area is 172 Å². The molecule has 2 aromatic rings. The average Bonchev–Trinajstić information content (AvgIpc) is 2.69. The van der Waals surface area contributed by atoms with Crippen LogP contribution in [0.15, 0.2) is 41.4 Å². The van der Waals surface area contributed by atoms with Crippen molar-refractivity contribution in [3.63, 3.8) is 0 Å². The van der Waals surface area contributed by atoms with Crippen LogP contribution in [0.4, 0.5) is 17.1 Å². The van der Waals surface area contributed by atoms with Crippen molar-refractivity contribution in [3.05, 3.63) is 47.0 Å². The van der Waals surface area contributed by atoms with E-state index in [1.807, 2.05) is 25.8 Å². The van der Waals surface area contributed by atoms with E-state index in [2.05, 4.69) is 4.99 Å². The number of halogens is 1. The summed E-state index contributed by atoms with van der Waals surface area (Å²) in [5.41, 5.74) is 2.36. The highest BCUT2D eigenvalue weighted by atomic mass is 35.5. The third-order valence-electron chi connectivity index (χ3n) is 4.33. The quantitative estimate of drug-likeness (QED) is 0.453. The molecule has 0 heterocycles. The van der Waals surface area contributed by atoms with Gasteiger partial charge in [-0.2, -0.15) is 0 Å². The molecule has 0 saturated carbocycles. The Morgan fingerprint density at radius 3 is 2.36 bits per heavy atom. The van der Waals surface area contributed by atoms with Gasteiger partial charge in [-0.15, -0.1) is 0 Å². The van der Waals surface area contributed by atoms with Crippen LogP contribution in [-0.2, 0) is 10.0 Å². The number of nitrogens with zero attached hydrogens (tertiary/aromatic N) is 3. The van der Waals surface area contributed by atoms with Gasteiger partial charge >= 0.3 is 0 Å². The van der Waals surface area contributed by atoms with Gasteiger partial charge in [0.1, 0.15) is 5.75 Å². The third kappa shape index (κ3) is 4.97. The third-order valence-corrected chi connectivity index (χ3v) is 6.32. The first-order valence-corrected chi connectivity index (χ1v) is 10.9. The van der Waals surface area contributed by atoms with Crippen LogP contribution >= 0.6 is 11.6 Å². The summed E-state index contributed by atoms with van der Waals surface area (Å²) in [6.07, 6.45) is 1.70. The zero-order chi connectivity index (χ0) is 20.9. The van der Waals surface area contributed by atoms with E-state index in [1.54, 1.807) is 56.8 Å². The molecule has 0 aromatic heterocycles. The summed E-state index contributed by atoms with van der Waals surface area (Å²) in [4.78, 5) is 6.32. The molecule has 0 aliphatic heterocycles. The lowest BCUT2D eigenvalue weighted by Gasteiger charge is -2.26. The van der Waals surface area contributed by atoms with E-state index in [0.29, 0.717) is 27.8 Å². The topological polar surface area (TPSA) is 62.2 Å². The summed E-state index contributed by atoms with van der Waals surface area (Å²) < 4.78 is 32.2. The second-order valence-electron chi connectivity index (χ2n) is 6.27. The first-order chi connectivity index (χ1) is 13.2. The van der Waals surface area contributed by atoms with Crippen LogP contribution in [0.5, 0.6) is 5.75 Å². The summed E-state index contributed by atoms with van der Waals surface area (Å²) >= 11 is 6.43. The molecule has 0 fully saturated rings. The van der Waals surface area contributed by atoms with Crippen LogP contribution in [0.1, 0.15) is 19.4 Å². The van der Waals surface area contributed by atoms with Crippen LogP contribution in [0.2, 0.25) is 5.02 Å². The molecule has 0 amide bonds. The number of benzene rings is 2. The molecule has 0 N–H and O–H groups in total. The van der Waals surface area contributed by atoms with Crippen LogP contribution in [-0.4, -0.2) is 46.1 Å². The minimum Gasteiger partial charge on any atom is -0.497 e. The van der Waals surface area contributed by atoms with E-state index in [9.17, 15) is 8.42 Å². The summed E-state index contributed by atoms with van der Waals surface area (Å²) in [6.45, 7) is 6.29. The number of rotatable bonds is 8. The highest BCUT2D eigenvalue weighted by Gasteiger charge is 2.25. The summed E-state index contributed by atoms with van der Waals surface area (Å²) in [5, 5.41) is 0.381. The van der Waals surface area contributed by atoms with Crippen molar-refractivity contribution in [1.29, 1.82) is 0 Å². The number of sulfonamides is 1. The standard InChI is InChI=1S/C20H26ClN3O3S/c1-6-23(4)14-22-19-12-15(3)20(13-18(19)21)24(28(25,26)7-2)16-8-10-17(27-5)11-9-16/h8-14H,6-7H2,1-5H3. The number of hydrogen-bond donors (Lipinski definition) is 0. The largest absolute Gasteiger partial charge is 0.497 e. The van der Waals surface area contributed by atoms with Gasteiger partial charge in [0, 0.05) is 13.6 Å². The molecule has 0 bridgehead atoms. The van der Waals surface area contributed by atoms with Crippen LogP contribution in [0, 0.1) is 6.92 Å². The Morgan fingerprint density at radius 1 is 1.18 bits per heavy atom. The van der Waals surface area contributed by atoms with Crippen molar-refractivity contribution in [2.75, 3.05) is 30.8 Å². The minimum atomic E-state index is -3.58. The van der Waals surface area contributed by atoms with E-state index in [1.165, 1.54) is 4.31 Å². The van der Waals surface area contributed by atoms with Gasteiger partial charge in [0.25, 0.3) is 0 Å². The maximum Gasteiger partial charge on any atom is 0.239 e. The monoisotopic (exact) mass is 423 g/mol. The summed E-state index contributed by atoms with van der Waals surface area (Å²) in [6, 6.07) is 10.3. The lowest BCUT2D eigenvalue weighted by atomic mass is 10.1. The molecule has 0 unspecified atom stereocenters. The second-order valence-corrected chi connectivity index (χ2v) is 8.78. The van der Waals surface area contributed by atoms with Crippen molar-refractivity contribution >= 4 is 45.0 Å². The maximum absolute atomic E-state index is 12.9. The Bertz CT molecular complexity index is 944. The van der Waals surface area contributed by atoms with E-state index in [-0.39, 0.29) is 5.75 Å². The Morgan fingerprint density at radius 2 is 1.82 bits per heavy atom. The van der Waals surface area contributed by atoms with Crippen molar-refractivity contribution in [1.82, 2.24) is 4.90 Å². The molecule has 0 spiro atoms. The van der Waals surface area contributed by atoms with Gasteiger partial charge < -0.3 is 9.64 Å². The number of aryl methyl sites for hydroxylation is 1. The average molecular weight is 424 g/mol. The van der Waals surface area contributed by atoms with E-state index in [0.717, 1.165) is 12.1 Å². The van der Waals surface area contributed by atoms with Gasteiger partial charge in [0.15, 0.2) is 0 Å². The molecule has 0 atom stereocenters. The van der Waals surface area contributed by atoms with Crippen molar-refractivity contribution in [2.24, 2.45) is 4.99 Å². The van der Waals surface area contributed by atoms with Crippen LogP contribution < -0.4 is 9.04 Å². The summed E-state index contributed by atoms with van der Waals surface area (Å²) in [5.74, 6) is 0.606. The molecule has 2 rings (SSSR count). The predicted molar refractivity (Wildman–Crippen MR) is 117 cm³/mol. The molecule has 0 radical (unpaired) electrons.